The lowest BCUT2D eigenvalue weighted by Gasteiger charge is -2.34. The number of carbonyl (C=O) groups excluding carboxylic acids is 1. The third kappa shape index (κ3) is 3.18. The lowest BCUT2D eigenvalue weighted by molar-refractivity contribution is 0.0926. The minimum absolute atomic E-state index is 0.168. The maximum absolute atomic E-state index is 12.5. The highest BCUT2D eigenvalue weighted by atomic mass is 32.1. The van der Waals surface area contributed by atoms with E-state index in [1.807, 2.05) is 34.8 Å². The molecular weight excluding hydrogens is 384 g/mol. The second-order valence-electron chi connectivity index (χ2n) is 7.42. The molecule has 0 bridgehead atoms. The zero-order chi connectivity index (χ0) is 20.0. The predicted octanol–water partition coefficient (Wildman–Crippen LogP) is 2.96. The van der Waals surface area contributed by atoms with Crippen LogP contribution >= 0.6 is 11.3 Å². The number of thiophene rings is 1. The van der Waals surface area contributed by atoms with Crippen molar-refractivity contribution in [3.63, 3.8) is 0 Å². The van der Waals surface area contributed by atoms with E-state index < -0.39 is 0 Å². The molecule has 0 unspecified atom stereocenters. The molecule has 0 saturated carbocycles. The molecule has 0 N–H and O–H groups in total. The lowest BCUT2D eigenvalue weighted by atomic mass is 10.1. The number of nitrogens with zero attached hydrogens (tertiary/aromatic N) is 6. The first kappa shape index (κ1) is 18.2. The molecule has 0 amide bonds. The number of anilines is 1. The fourth-order valence-corrected chi connectivity index (χ4v) is 4.90. The van der Waals surface area contributed by atoms with Crippen LogP contribution in [0, 0.1) is 13.8 Å². The first-order valence-corrected chi connectivity index (χ1v) is 10.6. The Morgan fingerprint density at radius 3 is 2.62 bits per heavy atom. The maximum Gasteiger partial charge on any atom is 0.230 e. The zero-order valence-electron chi connectivity index (χ0n) is 16.5. The molecule has 29 heavy (non-hydrogen) atoms. The minimum atomic E-state index is 0.168. The topological polar surface area (TPSA) is 66.6 Å². The summed E-state index contributed by atoms with van der Waals surface area (Å²) >= 11 is 1.71. The van der Waals surface area contributed by atoms with Gasteiger partial charge in [0.2, 0.25) is 5.95 Å². The van der Waals surface area contributed by atoms with Crippen molar-refractivity contribution in [1.82, 2.24) is 24.5 Å². The standard InChI is InChI=1S/C21H22N6OS/c1-14-15(2)29-20-18(14)19-22-13-23-27(19)21(24-20)26-10-8-25(9-11-26)12-17(28)16-6-4-3-5-7-16/h3-7,13H,8-12H2,1-2H3. The molecule has 1 fully saturated rings. The molecule has 1 aliphatic rings. The highest BCUT2D eigenvalue weighted by molar-refractivity contribution is 7.18. The average molecular weight is 407 g/mol. The number of ketones is 1. The van der Waals surface area contributed by atoms with Crippen molar-refractivity contribution < 1.29 is 4.79 Å². The Kier molecular flexibility index (Phi) is 4.52. The number of fused-ring (bicyclic) bond motifs is 3. The van der Waals surface area contributed by atoms with E-state index in [1.165, 1.54) is 10.4 Å². The molecule has 0 aliphatic carbocycles. The summed E-state index contributed by atoms with van der Waals surface area (Å²) in [6.07, 6.45) is 1.60. The van der Waals surface area contributed by atoms with Crippen LogP contribution in [0.3, 0.4) is 0 Å². The number of hydrogen-bond donors (Lipinski definition) is 0. The monoisotopic (exact) mass is 406 g/mol. The van der Waals surface area contributed by atoms with Crippen LogP contribution in [-0.2, 0) is 0 Å². The summed E-state index contributed by atoms with van der Waals surface area (Å²) in [6, 6.07) is 9.50. The minimum Gasteiger partial charge on any atom is -0.338 e. The molecule has 1 aliphatic heterocycles. The molecule has 7 nitrogen and oxygen atoms in total. The largest absolute Gasteiger partial charge is 0.338 e. The molecule has 148 valence electrons. The molecule has 0 atom stereocenters. The van der Waals surface area contributed by atoms with Gasteiger partial charge in [-0.15, -0.1) is 11.3 Å². The van der Waals surface area contributed by atoms with E-state index in [2.05, 4.69) is 33.7 Å². The molecule has 4 heterocycles. The maximum atomic E-state index is 12.5. The first-order chi connectivity index (χ1) is 14.1. The van der Waals surface area contributed by atoms with Gasteiger partial charge in [0.25, 0.3) is 0 Å². The van der Waals surface area contributed by atoms with Crippen molar-refractivity contribution in [2.24, 2.45) is 0 Å². The van der Waals surface area contributed by atoms with Gasteiger partial charge in [0, 0.05) is 36.6 Å². The van der Waals surface area contributed by atoms with Crippen LogP contribution in [0.5, 0.6) is 0 Å². The summed E-state index contributed by atoms with van der Waals surface area (Å²) in [6.45, 7) is 7.93. The van der Waals surface area contributed by atoms with E-state index in [4.69, 9.17) is 4.98 Å². The van der Waals surface area contributed by atoms with Crippen LogP contribution in [-0.4, -0.2) is 63.0 Å². The molecule has 5 rings (SSSR count). The van der Waals surface area contributed by atoms with Crippen molar-refractivity contribution in [1.29, 1.82) is 0 Å². The van der Waals surface area contributed by atoms with Gasteiger partial charge >= 0.3 is 0 Å². The smallest absolute Gasteiger partial charge is 0.230 e. The summed E-state index contributed by atoms with van der Waals surface area (Å²) in [7, 11) is 0. The fourth-order valence-electron chi connectivity index (χ4n) is 3.88. The quantitative estimate of drug-likeness (QED) is 0.486. The number of benzene rings is 1. The van der Waals surface area contributed by atoms with E-state index in [-0.39, 0.29) is 5.78 Å². The number of aromatic nitrogens is 4. The molecule has 1 saturated heterocycles. The summed E-state index contributed by atoms with van der Waals surface area (Å²) < 4.78 is 1.85. The average Bonchev–Trinajstić information content (AvgIpc) is 3.33. The summed E-state index contributed by atoms with van der Waals surface area (Å²) in [5.74, 6) is 1.00. The Labute approximate surface area is 172 Å². The first-order valence-electron chi connectivity index (χ1n) is 9.77. The number of Topliss-reactive ketones (excluding diaryl/α,β-unsaturated/α-hetero) is 1. The lowest BCUT2D eigenvalue weighted by Crippen LogP contribution is -2.48. The van der Waals surface area contributed by atoms with E-state index >= 15 is 0 Å². The van der Waals surface area contributed by atoms with E-state index in [0.29, 0.717) is 6.54 Å². The summed E-state index contributed by atoms with van der Waals surface area (Å²) in [5.41, 5.74) is 2.87. The predicted molar refractivity (Wildman–Crippen MR) is 115 cm³/mol. The van der Waals surface area contributed by atoms with Gasteiger partial charge in [0.05, 0.1) is 11.9 Å². The van der Waals surface area contributed by atoms with Crippen LogP contribution in [0.25, 0.3) is 15.9 Å². The van der Waals surface area contributed by atoms with Gasteiger partial charge < -0.3 is 4.90 Å². The fraction of sp³-hybridized carbons (Fsp3) is 0.333. The number of hydrogen-bond acceptors (Lipinski definition) is 7. The number of aryl methyl sites for hydroxylation is 2. The zero-order valence-corrected chi connectivity index (χ0v) is 17.3. The van der Waals surface area contributed by atoms with Gasteiger partial charge in [0.1, 0.15) is 11.2 Å². The second-order valence-corrected chi connectivity index (χ2v) is 8.63. The molecule has 0 spiro atoms. The van der Waals surface area contributed by atoms with Gasteiger partial charge in [-0.1, -0.05) is 30.3 Å². The normalized spacial score (nSPS) is 15.4. The van der Waals surface area contributed by atoms with Gasteiger partial charge in [-0.2, -0.15) is 9.61 Å². The SMILES string of the molecule is Cc1sc2nc(N3CCN(CC(=O)c4ccccc4)CC3)n3ncnc3c2c1C. The van der Waals surface area contributed by atoms with Crippen molar-refractivity contribution in [3.8, 4) is 0 Å². The molecule has 4 aromatic rings. The molecule has 8 heteroatoms. The van der Waals surface area contributed by atoms with Gasteiger partial charge in [-0.25, -0.2) is 9.97 Å². The highest BCUT2D eigenvalue weighted by Gasteiger charge is 2.24. The Bertz CT molecular complexity index is 1190. The van der Waals surface area contributed by atoms with Gasteiger partial charge in [0.15, 0.2) is 11.4 Å². The van der Waals surface area contributed by atoms with Gasteiger partial charge in [-0.3, -0.25) is 9.69 Å². The Balaban J connectivity index is 1.36. The van der Waals surface area contributed by atoms with E-state index in [9.17, 15) is 4.79 Å². The van der Waals surface area contributed by atoms with E-state index in [0.717, 1.165) is 53.6 Å². The summed E-state index contributed by atoms with van der Waals surface area (Å²) in [4.78, 5) is 28.7. The van der Waals surface area contributed by atoms with Gasteiger partial charge in [-0.05, 0) is 19.4 Å². The van der Waals surface area contributed by atoms with Crippen LogP contribution in [0.15, 0.2) is 36.7 Å². The molecule has 1 aromatic carbocycles. The van der Waals surface area contributed by atoms with E-state index in [1.54, 1.807) is 17.7 Å². The third-order valence-electron chi connectivity index (χ3n) is 5.65. The Hall–Kier alpha value is -2.84. The number of carbonyl (C=O) groups is 1. The van der Waals surface area contributed by atoms with Crippen LogP contribution in [0.4, 0.5) is 5.95 Å². The number of piperazine rings is 1. The third-order valence-corrected chi connectivity index (χ3v) is 6.75. The van der Waals surface area contributed by atoms with Crippen LogP contribution in [0.2, 0.25) is 0 Å². The van der Waals surface area contributed by atoms with Crippen LogP contribution in [0.1, 0.15) is 20.8 Å². The van der Waals surface area contributed by atoms with Crippen molar-refractivity contribution in [3.05, 3.63) is 52.7 Å². The van der Waals surface area contributed by atoms with Crippen molar-refractivity contribution >= 4 is 38.9 Å². The highest BCUT2D eigenvalue weighted by Crippen LogP contribution is 2.33. The number of rotatable bonds is 4. The molecule has 3 aromatic heterocycles. The summed E-state index contributed by atoms with van der Waals surface area (Å²) in [5, 5.41) is 5.54. The van der Waals surface area contributed by atoms with Crippen molar-refractivity contribution in [2.45, 2.75) is 13.8 Å². The Morgan fingerprint density at radius 1 is 1.10 bits per heavy atom. The Morgan fingerprint density at radius 2 is 1.86 bits per heavy atom. The second kappa shape index (κ2) is 7.20. The van der Waals surface area contributed by atoms with Crippen molar-refractivity contribution in [2.75, 3.05) is 37.6 Å². The molecule has 0 radical (unpaired) electrons. The van der Waals surface area contributed by atoms with Crippen LogP contribution < -0.4 is 4.90 Å². The molecular formula is C21H22N6OS.